The number of nitrogens with zero attached hydrogens (tertiary/aromatic N) is 1. The molecule has 0 unspecified atom stereocenters. The zero-order valence-electron chi connectivity index (χ0n) is 18.4. The van der Waals surface area contributed by atoms with E-state index in [-0.39, 0.29) is 23.7 Å². The molecular formula is C27H27N3O2S. The second kappa shape index (κ2) is 9.63. The number of fused-ring (bicyclic) bond motifs is 1. The molecule has 168 valence electrons. The van der Waals surface area contributed by atoms with Crippen LogP contribution in [0.5, 0.6) is 0 Å². The molecule has 0 saturated carbocycles. The molecule has 1 atom stereocenters. The van der Waals surface area contributed by atoms with E-state index in [1.807, 2.05) is 52.7 Å². The van der Waals surface area contributed by atoms with E-state index in [4.69, 9.17) is 0 Å². The summed E-state index contributed by atoms with van der Waals surface area (Å²) < 4.78 is 0. The average Bonchev–Trinajstić information content (AvgIpc) is 3.55. The minimum Gasteiger partial charge on any atom is -0.361 e. The number of aromatic nitrogens is 1. The van der Waals surface area contributed by atoms with Gasteiger partial charge in [-0.15, -0.1) is 11.3 Å². The minimum atomic E-state index is -0.0585. The Morgan fingerprint density at radius 2 is 1.76 bits per heavy atom. The van der Waals surface area contributed by atoms with E-state index in [9.17, 15) is 9.59 Å². The third-order valence-corrected chi connectivity index (χ3v) is 7.42. The molecule has 0 spiro atoms. The second-order valence-corrected chi connectivity index (χ2v) is 9.49. The summed E-state index contributed by atoms with van der Waals surface area (Å²) in [6.07, 6.45) is 3.46. The summed E-state index contributed by atoms with van der Waals surface area (Å²) >= 11 is 1.47. The van der Waals surface area contributed by atoms with Crippen molar-refractivity contribution in [2.45, 2.75) is 18.8 Å². The molecule has 5 nitrogen and oxygen atoms in total. The number of amides is 2. The molecule has 4 aromatic rings. The van der Waals surface area contributed by atoms with Gasteiger partial charge in [0.25, 0.3) is 5.91 Å². The van der Waals surface area contributed by atoms with Crippen LogP contribution in [0.25, 0.3) is 10.9 Å². The molecule has 33 heavy (non-hydrogen) atoms. The van der Waals surface area contributed by atoms with Crippen LogP contribution in [0, 0.1) is 5.92 Å². The molecule has 1 aliphatic rings. The first-order chi connectivity index (χ1) is 16.2. The highest BCUT2D eigenvalue weighted by Crippen LogP contribution is 2.31. The Morgan fingerprint density at radius 1 is 1.00 bits per heavy atom. The van der Waals surface area contributed by atoms with Gasteiger partial charge in [-0.2, -0.15) is 0 Å². The van der Waals surface area contributed by atoms with Gasteiger partial charge in [0, 0.05) is 48.6 Å². The fourth-order valence-electron chi connectivity index (χ4n) is 4.72. The van der Waals surface area contributed by atoms with Crippen molar-refractivity contribution in [2.24, 2.45) is 5.92 Å². The maximum absolute atomic E-state index is 13.1. The Balaban J connectivity index is 1.25. The minimum absolute atomic E-state index is 0.0585. The number of hydrogen-bond acceptors (Lipinski definition) is 3. The first-order valence-electron chi connectivity index (χ1n) is 11.4. The Bertz CT molecular complexity index is 1220. The summed E-state index contributed by atoms with van der Waals surface area (Å²) in [5, 5.41) is 6.32. The third kappa shape index (κ3) is 4.57. The smallest absolute Gasteiger partial charge is 0.263 e. The number of carbonyl (C=O) groups is 2. The van der Waals surface area contributed by atoms with Crippen LogP contribution in [-0.4, -0.2) is 41.3 Å². The lowest BCUT2D eigenvalue weighted by Crippen LogP contribution is -2.43. The van der Waals surface area contributed by atoms with Gasteiger partial charge in [0.05, 0.1) is 4.88 Å². The standard InChI is InChI=1S/C27H27N3O2S/c31-26(20-12-14-30(15-13-20)27(32)25-11-6-16-33-25)29-17-22(19-7-2-1-3-8-19)23-18-28-24-10-5-4-9-21(23)24/h1-11,16,18,20,22,28H,12-15,17H2,(H,29,31)/t22-/m0/s1. The normalized spacial score (nSPS) is 15.5. The topological polar surface area (TPSA) is 65.2 Å². The number of carbonyl (C=O) groups excluding carboxylic acids is 2. The molecule has 0 radical (unpaired) electrons. The summed E-state index contributed by atoms with van der Waals surface area (Å²) in [5.74, 6) is 0.162. The van der Waals surface area contributed by atoms with Crippen molar-refractivity contribution in [2.75, 3.05) is 19.6 Å². The van der Waals surface area contributed by atoms with Crippen LogP contribution in [0.1, 0.15) is 39.6 Å². The van der Waals surface area contributed by atoms with Crippen molar-refractivity contribution in [1.82, 2.24) is 15.2 Å². The van der Waals surface area contributed by atoms with E-state index in [0.29, 0.717) is 32.5 Å². The highest BCUT2D eigenvalue weighted by Gasteiger charge is 2.29. The Labute approximate surface area is 197 Å². The largest absolute Gasteiger partial charge is 0.361 e. The molecule has 2 N–H and O–H groups in total. The van der Waals surface area contributed by atoms with Crippen molar-refractivity contribution in [3.8, 4) is 0 Å². The van der Waals surface area contributed by atoms with Crippen molar-refractivity contribution in [3.05, 3.63) is 94.3 Å². The summed E-state index contributed by atoms with van der Waals surface area (Å²) in [6, 6.07) is 22.4. The zero-order valence-corrected chi connectivity index (χ0v) is 19.2. The molecular weight excluding hydrogens is 430 g/mol. The number of thiophene rings is 1. The lowest BCUT2D eigenvalue weighted by atomic mass is 9.90. The predicted molar refractivity (Wildman–Crippen MR) is 133 cm³/mol. The van der Waals surface area contributed by atoms with Gasteiger partial charge in [0.15, 0.2) is 0 Å². The zero-order chi connectivity index (χ0) is 22.6. The molecule has 0 aliphatic carbocycles. The number of hydrogen-bond donors (Lipinski definition) is 2. The number of aromatic amines is 1. The van der Waals surface area contributed by atoms with Gasteiger partial charge in [0.1, 0.15) is 0 Å². The lowest BCUT2D eigenvalue weighted by molar-refractivity contribution is -0.126. The molecule has 6 heteroatoms. The van der Waals surface area contributed by atoms with E-state index in [1.165, 1.54) is 27.8 Å². The predicted octanol–water partition coefficient (Wildman–Crippen LogP) is 5.03. The number of rotatable bonds is 6. The maximum Gasteiger partial charge on any atom is 0.263 e. The third-order valence-electron chi connectivity index (χ3n) is 6.56. The molecule has 2 aromatic carbocycles. The van der Waals surface area contributed by atoms with Crippen molar-refractivity contribution in [1.29, 1.82) is 0 Å². The van der Waals surface area contributed by atoms with Gasteiger partial charge in [0.2, 0.25) is 5.91 Å². The van der Waals surface area contributed by atoms with Crippen LogP contribution < -0.4 is 5.32 Å². The van der Waals surface area contributed by atoms with E-state index < -0.39 is 0 Å². The number of H-pyrrole nitrogens is 1. The van der Waals surface area contributed by atoms with E-state index in [0.717, 1.165) is 10.4 Å². The summed E-state index contributed by atoms with van der Waals surface area (Å²) in [5.41, 5.74) is 3.47. The summed E-state index contributed by atoms with van der Waals surface area (Å²) in [7, 11) is 0. The van der Waals surface area contributed by atoms with E-state index in [2.05, 4.69) is 40.8 Å². The number of benzene rings is 2. The fraction of sp³-hybridized carbons (Fsp3) is 0.259. The Morgan fingerprint density at radius 3 is 2.52 bits per heavy atom. The molecule has 1 aliphatic heterocycles. The number of para-hydroxylation sites is 1. The van der Waals surface area contributed by atoms with Crippen molar-refractivity contribution < 1.29 is 9.59 Å². The average molecular weight is 458 g/mol. The molecule has 1 saturated heterocycles. The molecule has 0 bridgehead atoms. The van der Waals surface area contributed by atoms with Gasteiger partial charge in [-0.1, -0.05) is 54.6 Å². The number of piperidine rings is 1. The van der Waals surface area contributed by atoms with E-state index >= 15 is 0 Å². The first-order valence-corrected chi connectivity index (χ1v) is 12.3. The van der Waals surface area contributed by atoms with Crippen LogP contribution in [0.2, 0.25) is 0 Å². The highest BCUT2D eigenvalue weighted by molar-refractivity contribution is 7.12. The Hall–Kier alpha value is -3.38. The lowest BCUT2D eigenvalue weighted by Gasteiger charge is -2.31. The summed E-state index contributed by atoms with van der Waals surface area (Å²) in [4.78, 5) is 31.6. The van der Waals surface area contributed by atoms with Gasteiger partial charge in [-0.3, -0.25) is 9.59 Å². The van der Waals surface area contributed by atoms with Gasteiger partial charge < -0.3 is 15.2 Å². The SMILES string of the molecule is O=C(NC[C@@H](c1ccccc1)c1c[nH]c2ccccc12)C1CCN(C(=O)c2cccs2)CC1. The van der Waals surface area contributed by atoms with Crippen molar-refractivity contribution >= 4 is 34.1 Å². The molecule has 3 heterocycles. The first kappa shape index (κ1) is 21.5. The van der Waals surface area contributed by atoms with Crippen LogP contribution in [0.4, 0.5) is 0 Å². The maximum atomic E-state index is 13.1. The van der Waals surface area contributed by atoms with Crippen LogP contribution in [0.15, 0.2) is 78.3 Å². The van der Waals surface area contributed by atoms with Crippen LogP contribution in [0.3, 0.4) is 0 Å². The molecule has 5 rings (SSSR count). The highest BCUT2D eigenvalue weighted by atomic mass is 32.1. The number of nitrogens with one attached hydrogen (secondary N) is 2. The fourth-order valence-corrected chi connectivity index (χ4v) is 5.41. The van der Waals surface area contributed by atoms with E-state index in [1.54, 1.807) is 0 Å². The molecule has 1 fully saturated rings. The monoisotopic (exact) mass is 457 g/mol. The Kier molecular flexibility index (Phi) is 6.26. The van der Waals surface area contributed by atoms with Gasteiger partial charge >= 0.3 is 0 Å². The quantitative estimate of drug-likeness (QED) is 0.427. The molecule has 2 amide bonds. The van der Waals surface area contributed by atoms with Crippen LogP contribution >= 0.6 is 11.3 Å². The second-order valence-electron chi connectivity index (χ2n) is 8.54. The van der Waals surface area contributed by atoms with Gasteiger partial charge in [-0.05, 0) is 41.5 Å². The van der Waals surface area contributed by atoms with Gasteiger partial charge in [-0.25, -0.2) is 0 Å². The summed E-state index contributed by atoms with van der Waals surface area (Å²) in [6.45, 7) is 1.79. The number of likely N-dealkylation sites (tertiary alicyclic amines) is 1. The van der Waals surface area contributed by atoms with Crippen LogP contribution in [-0.2, 0) is 4.79 Å². The van der Waals surface area contributed by atoms with Crippen molar-refractivity contribution in [3.63, 3.8) is 0 Å². The molecule has 2 aromatic heterocycles.